The van der Waals surface area contributed by atoms with Gasteiger partial charge in [-0.05, 0) is 11.6 Å². The molecule has 0 amide bonds. The highest BCUT2D eigenvalue weighted by molar-refractivity contribution is 6.28. The molecule has 0 aliphatic rings. The maximum Gasteiger partial charge on any atom is 0.406 e. The van der Waals surface area contributed by atoms with Crippen molar-refractivity contribution >= 4 is 23.5 Å². The van der Waals surface area contributed by atoms with Crippen LogP contribution >= 0.6 is 11.6 Å². The highest BCUT2D eigenvalue weighted by atomic mass is 35.5. The Morgan fingerprint density at radius 1 is 1.16 bits per heavy atom. The quantitative estimate of drug-likeness (QED) is 0.873. The van der Waals surface area contributed by atoms with E-state index in [2.05, 4.69) is 15.0 Å². The Morgan fingerprint density at radius 2 is 1.74 bits per heavy atom. The van der Waals surface area contributed by atoms with Crippen molar-refractivity contribution in [2.45, 2.75) is 6.18 Å². The van der Waals surface area contributed by atoms with Crippen LogP contribution < -0.4 is 9.80 Å². The lowest BCUT2D eigenvalue weighted by Gasteiger charge is -2.23. The van der Waals surface area contributed by atoms with Crippen LogP contribution in [0.2, 0.25) is 5.28 Å². The van der Waals surface area contributed by atoms with E-state index in [0.29, 0.717) is 0 Å². The Morgan fingerprint density at radius 3 is 2.21 bits per heavy atom. The van der Waals surface area contributed by atoms with E-state index in [-0.39, 0.29) is 23.7 Å². The van der Waals surface area contributed by atoms with E-state index in [1.54, 1.807) is 14.1 Å². The van der Waals surface area contributed by atoms with Gasteiger partial charge in [0.1, 0.15) is 6.54 Å². The van der Waals surface area contributed by atoms with Crippen molar-refractivity contribution in [3.8, 4) is 0 Å². The molecule has 0 aliphatic heterocycles. The third-order valence-corrected chi connectivity index (χ3v) is 2.18. The Balaban J connectivity index is 3.07. The number of anilines is 2. The zero-order valence-electron chi connectivity index (χ0n) is 10.3. The molecule has 0 aromatic carbocycles. The summed E-state index contributed by atoms with van der Waals surface area (Å²) in [5.41, 5.74) is 0. The van der Waals surface area contributed by atoms with Crippen LogP contribution in [0.3, 0.4) is 0 Å². The molecule has 10 heteroatoms. The molecule has 0 radical (unpaired) electrons. The summed E-state index contributed by atoms with van der Waals surface area (Å²) >= 11 is 5.65. The molecule has 0 fully saturated rings. The Kier molecular flexibility index (Phi) is 5.12. The Hall–Kier alpha value is -1.35. The number of alkyl halides is 3. The van der Waals surface area contributed by atoms with E-state index >= 15 is 0 Å². The molecule has 0 aliphatic carbocycles. The van der Waals surface area contributed by atoms with Crippen LogP contribution in [0.15, 0.2) is 0 Å². The number of halogens is 4. The molecule has 0 atom stereocenters. The average molecular weight is 300 g/mol. The number of hydrogen-bond donors (Lipinski definition) is 1. The zero-order valence-corrected chi connectivity index (χ0v) is 11.1. The smallest absolute Gasteiger partial charge is 0.395 e. The highest BCUT2D eigenvalue weighted by Gasteiger charge is 2.32. The topological polar surface area (TPSA) is 65.4 Å². The van der Waals surface area contributed by atoms with E-state index in [4.69, 9.17) is 16.7 Å². The lowest BCUT2D eigenvalue weighted by atomic mass is 10.5. The lowest BCUT2D eigenvalue weighted by Crippen LogP contribution is -2.37. The van der Waals surface area contributed by atoms with Gasteiger partial charge in [0.05, 0.1) is 6.61 Å². The fourth-order valence-electron chi connectivity index (χ4n) is 1.26. The van der Waals surface area contributed by atoms with E-state index in [9.17, 15) is 13.2 Å². The lowest BCUT2D eigenvalue weighted by molar-refractivity contribution is -0.120. The van der Waals surface area contributed by atoms with Crippen molar-refractivity contribution in [1.82, 2.24) is 15.0 Å². The highest BCUT2D eigenvalue weighted by Crippen LogP contribution is 2.21. The maximum absolute atomic E-state index is 12.4. The maximum atomic E-state index is 12.4. The number of nitrogens with zero attached hydrogens (tertiary/aromatic N) is 5. The summed E-state index contributed by atoms with van der Waals surface area (Å²) in [6.45, 7) is -2.00. The van der Waals surface area contributed by atoms with E-state index in [0.717, 1.165) is 4.90 Å². The summed E-state index contributed by atoms with van der Waals surface area (Å²) in [6, 6.07) is 0. The van der Waals surface area contributed by atoms with Crippen molar-refractivity contribution < 1.29 is 18.3 Å². The van der Waals surface area contributed by atoms with Gasteiger partial charge in [-0.1, -0.05) is 0 Å². The van der Waals surface area contributed by atoms with Gasteiger partial charge in [-0.3, -0.25) is 0 Å². The van der Waals surface area contributed by atoms with Gasteiger partial charge in [0.15, 0.2) is 0 Å². The molecule has 1 N–H and O–H groups in total. The summed E-state index contributed by atoms with van der Waals surface area (Å²) in [5, 5.41) is 8.61. The largest absolute Gasteiger partial charge is 0.406 e. The fourth-order valence-corrected chi connectivity index (χ4v) is 1.41. The van der Waals surface area contributed by atoms with Crippen LogP contribution in [-0.2, 0) is 0 Å². The first-order valence-electron chi connectivity index (χ1n) is 5.24. The third kappa shape index (κ3) is 5.03. The van der Waals surface area contributed by atoms with E-state index in [1.807, 2.05) is 0 Å². The first kappa shape index (κ1) is 15.7. The van der Waals surface area contributed by atoms with Gasteiger partial charge in [0.25, 0.3) is 0 Å². The number of hydrogen-bond acceptors (Lipinski definition) is 6. The minimum Gasteiger partial charge on any atom is -0.395 e. The first-order chi connectivity index (χ1) is 8.73. The molecule has 1 heterocycles. The van der Waals surface area contributed by atoms with Crippen molar-refractivity contribution in [2.75, 3.05) is 43.6 Å². The van der Waals surface area contributed by atoms with Crippen LogP contribution in [0.4, 0.5) is 25.1 Å². The molecular weight excluding hydrogens is 287 g/mol. The number of aliphatic hydroxyl groups excluding tert-OH is 1. The summed E-state index contributed by atoms with van der Waals surface area (Å²) in [5.74, 6) is -0.0878. The second-order valence-electron chi connectivity index (χ2n) is 3.86. The molecule has 0 unspecified atom stereocenters. The number of rotatable bonds is 5. The number of aromatic nitrogens is 3. The summed E-state index contributed by atoms with van der Waals surface area (Å²) in [4.78, 5) is 13.6. The molecule has 1 aromatic heterocycles. The molecule has 6 nitrogen and oxygen atoms in total. The minimum absolute atomic E-state index is 0.139. The average Bonchev–Trinajstić information content (AvgIpc) is 2.25. The number of aliphatic hydroxyl groups is 1. The fraction of sp³-hybridized carbons (Fsp3) is 0.667. The first-order valence-corrected chi connectivity index (χ1v) is 5.62. The van der Waals surface area contributed by atoms with Crippen LogP contribution in [0.5, 0.6) is 0 Å². The van der Waals surface area contributed by atoms with Crippen LogP contribution in [-0.4, -0.2) is 60.0 Å². The Bertz CT molecular complexity index is 429. The molecule has 19 heavy (non-hydrogen) atoms. The zero-order chi connectivity index (χ0) is 14.6. The SMILES string of the molecule is CN(C)c1nc(Cl)nc(N(CCO)CC(F)(F)F)n1. The van der Waals surface area contributed by atoms with E-state index < -0.39 is 19.3 Å². The molecule has 0 saturated carbocycles. The standard InChI is InChI=1S/C9H13ClF3N5O/c1-17(2)7-14-6(10)15-8(16-7)18(3-4-19)5-9(11,12)13/h19H,3-5H2,1-2H3. The van der Waals surface area contributed by atoms with Gasteiger partial charge >= 0.3 is 6.18 Å². The van der Waals surface area contributed by atoms with Crippen molar-refractivity contribution in [3.63, 3.8) is 0 Å². The third-order valence-electron chi connectivity index (χ3n) is 2.01. The van der Waals surface area contributed by atoms with Gasteiger partial charge in [-0.2, -0.15) is 28.1 Å². The molecule has 1 aromatic rings. The predicted octanol–water partition coefficient (Wildman–Crippen LogP) is 0.952. The summed E-state index contributed by atoms with van der Waals surface area (Å²) in [6.07, 6.45) is -4.44. The molecule has 1 rings (SSSR count). The van der Waals surface area contributed by atoms with Crippen molar-refractivity contribution in [1.29, 1.82) is 0 Å². The summed E-state index contributed by atoms with van der Waals surface area (Å²) in [7, 11) is 3.24. The molecule has 0 saturated heterocycles. The second kappa shape index (κ2) is 6.20. The van der Waals surface area contributed by atoms with Gasteiger partial charge < -0.3 is 14.9 Å². The Labute approximate surface area is 112 Å². The van der Waals surface area contributed by atoms with Gasteiger partial charge in [0.2, 0.25) is 17.2 Å². The van der Waals surface area contributed by atoms with E-state index in [1.165, 1.54) is 4.90 Å². The predicted molar refractivity (Wildman–Crippen MR) is 64.5 cm³/mol. The van der Waals surface area contributed by atoms with Crippen LogP contribution in [0, 0.1) is 0 Å². The normalized spacial score (nSPS) is 11.5. The molecule has 0 bridgehead atoms. The summed E-state index contributed by atoms with van der Waals surface area (Å²) < 4.78 is 37.3. The molecular formula is C9H13ClF3N5O. The van der Waals surface area contributed by atoms with Crippen molar-refractivity contribution in [2.24, 2.45) is 0 Å². The monoisotopic (exact) mass is 299 g/mol. The second-order valence-corrected chi connectivity index (χ2v) is 4.20. The van der Waals surface area contributed by atoms with Crippen molar-refractivity contribution in [3.05, 3.63) is 5.28 Å². The van der Waals surface area contributed by atoms with Gasteiger partial charge in [0, 0.05) is 20.6 Å². The molecule has 0 spiro atoms. The van der Waals surface area contributed by atoms with Gasteiger partial charge in [-0.15, -0.1) is 0 Å². The van der Waals surface area contributed by atoms with Crippen LogP contribution in [0.25, 0.3) is 0 Å². The minimum atomic E-state index is -4.44. The van der Waals surface area contributed by atoms with Gasteiger partial charge in [-0.25, -0.2) is 0 Å². The van der Waals surface area contributed by atoms with Crippen LogP contribution in [0.1, 0.15) is 0 Å². The molecule has 108 valence electrons.